The first-order valence-electron chi connectivity index (χ1n) is 10.6. The van der Waals surface area contributed by atoms with E-state index in [4.69, 9.17) is 5.73 Å². The highest BCUT2D eigenvalue weighted by molar-refractivity contribution is 6.05. The second kappa shape index (κ2) is 8.37. The summed E-state index contributed by atoms with van der Waals surface area (Å²) >= 11 is 0. The number of carbonyl (C=O) groups is 1. The van der Waals surface area contributed by atoms with Crippen molar-refractivity contribution in [1.29, 1.82) is 0 Å². The number of alkyl halides is 3. The summed E-state index contributed by atoms with van der Waals surface area (Å²) in [4.78, 5) is 21.1. The number of pyridine rings is 2. The van der Waals surface area contributed by atoms with Gasteiger partial charge in [-0.15, -0.1) is 0 Å². The van der Waals surface area contributed by atoms with Crippen LogP contribution in [0.15, 0.2) is 48.7 Å². The Morgan fingerprint density at radius 3 is 2.56 bits per heavy atom. The standard InChI is InChI=1S/C25H24F3N3O/c1-14(2)19-12-22(23(32)5-3-4-18-9-8-17(29)13-30-18)31-24-20(19)10-16(15-6-7-15)11-21(24)25(26,27)28/h3,5,8-15H,4,6-7,29H2,1-2H3. The molecule has 7 heteroatoms. The molecule has 1 fully saturated rings. The molecule has 2 aromatic heterocycles. The van der Waals surface area contributed by atoms with Crippen molar-refractivity contribution < 1.29 is 18.0 Å². The number of benzene rings is 1. The molecule has 0 atom stereocenters. The van der Waals surface area contributed by atoms with E-state index in [1.165, 1.54) is 18.3 Å². The van der Waals surface area contributed by atoms with Crippen LogP contribution in [0.1, 0.15) is 71.4 Å². The third kappa shape index (κ3) is 4.66. The number of nitrogen functional groups attached to an aromatic ring is 1. The summed E-state index contributed by atoms with van der Waals surface area (Å²) < 4.78 is 41.7. The fourth-order valence-corrected chi connectivity index (χ4v) is 3.78. The van der Waals surface area contributed by atoms with Crippen LogP contribution in [-0.4, -0.2) is 15.8 Å². The number of fused-ring (bicyclic) bond motifs is 1. The predicted octanol–water partition coefficient (Wildman–Crippen LogP) is 6.21. The van der Waals surface area contributed by atoms with E-state index in [9.17, 15) is 18.0 Å². The maximum absolute atomic E-state index is 13.9. The molecule has 0 spiro atoms. The lowest BCUT2D eigenvalue weighted by molar-refractivity contribution is -0.136. The number of hydrogen-bond donors (Lipinski definition) is 1. The Morgan fingerprint density at radius 2 is 1.97 bits per heavy atom. The van der Waals surface area contributed by atoms with E-state index in [-0.39, 0.29) is 23.0 Å². The molecule has 0 unspecified atom stereocenters. The number of nitrogens with zero attached hydrogens (tertiary/aromatic N) is 2. The highest BCUT2D eigenvalue weighted by Gasteiger charge is 2.36. The van der Waals surface area contributed by atoms with Crippen molar-refractivity contribution in [2.75, 3.05) is 5.73 Å². The van der Waals surface area contributed by atoms with Crippen molar-refractivity contribution in [3.05, 3.63) is 76.8 Å². The Kier molecular flexibility index (Phi) is 5.75. The normalized spacial score (nSPS) is 14.6. The van der Waals surface area contributed by atoms with Crippen LogP contribution in [0.3, 0.4) is 0 Å². The number of carbonyl (C=O) groups excluding carboxylic acids is 1. The maximum Gasteiger partial charge on any atom is 0.418 e. The van der Waals surface area contributed by atoms with E-state index in [2.05, 4.69) is 9.97 Å². The summed E-state index contributed by atoms with van der Waals surface area (Å²) in [6.07, 6.45) is 2.14. The monoisotopic (exact) mass is 439 g/mol. The molecule has 0 saturated heterocycles. The van der Waals surface area contributed by atoms with Gasteiger partial charge in [0, 0.05) is 17.5 Å². The van der Waals surface area contributed by atoms with Gasteiger partial charge in [0.15, 0.2) is 0 Å². The lowest BCUT2D eigenvalue weighted by atomic mass is 9.92. The summed E-state index contributed by atoms with van der Waals surface area (Å²) in [5, 5.41) is 0.475. The van der Waals surface area contributed by atoms with Gasteiger partial charge in [0.2, 0.25) is 5.78 Å². The Morgan fingerprint density at radius 1 is 1.22 bits per heavy atom. The molecule has 2 heterocycles. The highest BCUT2D eigenvalue weighted by atomic mass is 19.4. The first-order valence-corrected chi connectivity index (χ1v) is 10.6. The van der Waals surface area contributed by atoms with Crippen molar-refractivity contribution in [3.8, 4) is 0 Å². The average Bonchev–Trinajstić information content (AvgIpc) is 3.58. The maximum atomic E-state index is 13.9. The second-order valence-electron chi connectivity index (χ2n) is 8.54. The lowest BCUT2D eigenvalue weighted by Gasteiger charge is -2.17. The lowest BCUT2D eigenvalue weighted by Crippen LogP contribution is -2.11. The van der Waals surface area contributed by atoms with Gasteiger partial charge in [-0.2, -0.15) is 13.2 Å². The van der Waals surface area contributed by atoms with E-state index in [0.717, 1.165) is 18.5 Å². The summed E-state index contributed by atoms with van der Waals surface area (Å²) in [7, 11) is 0. The number of halogens is 3. The second-order valence-corrected chi connectivity index (χ2v) is 8.54. The van der Waals surface area contributed by atoms with Gasteiger partial charge in [-0.1, -0.05) is 19.9 Å². The Hall–Kier alpha value is -3.22. The molecular formula is C25H24F3N3O. The molecule has 1 aromatic carbocycles. The number of anilines is 1. The van der Waals surface area contributed by atoms with Gasteiger partial charge >= 0.3 is 6.18 Å². The molecule has 1 saturated carbocycles. The minimum Gasteiger partial charge on any atom is -0.397 e. The average molecular weight is 439 g/mol. The molecule has 0 bridgehead atoms. The molecule has 4 rings (SSSR count). The third-order valence-corrected chi connectivity index (χ3v) is 5.64. The van der Waals surface area contributed by atoms with E-state index in [1.54, 1.807) is 24.3 Å². The Bertz CT molecular complexity index is 1190. The quantitative estimate of drug-likeness (QED) is 0.366. The zero-order chi connectivity index (χ0) is 23.0. The van der Waals surface area contributed by atoms with Crippen molar-refractivity contribution >= 4 is 22.4 Å². The van der Waals surface area contributed by atoms with Gasteiger partial charge in [-0.25, -0.2) is 4.98 Å². The molecule has 0 aliphatic heterocycles. The summed E-state index contributed by atoms with van der Waals surface area (Å²) in [5.41, 5.74) is 7.34. The van der Waals surface area contributed by atoms with Crippen LogP contribution in [0.25, 0.3) is 10.9 Å². The van der Waals surface area contributed by atoms with Crippen LogP contribution in [0.5, 0.6) is 0 Å². The first-order chi connectivity index (χ1) is 15.1. The number of nitrogens with two attached hydrogens (primary N) is 1. The van der Waals surface area contributed by atoms with Crippen molar-refractivity contribution in [1.82, 2.24) is 9.97 Å². The molecule has 2 N–H and O–H groups in total. The molecule has 1 aliphatic carbocycles. The number of rotatable bonds is 6. The first kappa shape index (κ1) is 22.0. The smallest absolute Gasteiger partial charge is 0.397 e. The molecule has 0 amide bonds. The molecule has 166 valence electrons. The van der Waals surface area contributed by atoms with Gasteiger partial charge in [0.05, 0.1) is 23.0 Å². The van der Waals surface area contributed by atoms with Gasteiger partial charge in [0.25, 0.3) is 0 Å². The SMILES string of the molecule is CC(C)c1cc(C(=O)C=CCc2ccc(N)cn2)nc2c(C(F)(F)F)cc(C3CC3)cc12. The van der Waals surface area contributed by atoms with Crippen LogP contribution in [0.2, 0.25) is 0 Å². The number of ketones is 1. The van der Waals surface area contributed by atoms with Crippen molar-refractivity contribution in [3.63, 3.8) is 0 Å². The molecule has 1 aliphatic rings. The van der Waals surface area contributed by atoms with Gasteiger partial charge in [-0.3, -0.25) is 9.78 Å². The molecule has 32 heavy (non-hydrogen) atoms. The minimum atomic E-state index is -4.55. The van der Waals surface area contributed by atoms with Crippen molar-refractivity contribution in [2.45, 2.75) is 51.1 Å². The van der Waals surface area contributed by atoms with E-state index in [0.29, 0.717) is 28.6 Å². The minimum absolute atomic E-state index is 0.00684. The predicted molar refractivity (Wildman–Crippen MR) is 119 cm³/mol. The summed E-state index contributed by atoms with van der Waals surface area (Å²) in [6.45, 7) is 3.81. The topological polar surface area (TPSA) is 68.9 Å². The summed E-state index contributed by atoms with van der Waals surface area (Å²) in [6, 6.07) is 8.11. The highest BCUT2D eigenvalue weighted by Crippen LogP contribution is 2.45. The van der Waals surface area contributed by atoms with Gasteiger partial charge in [0.1, 0.15) is 5.69 Å². The van der Waals surface area contributed by atoms with E-state index in [1.807, 2.05) is 19.9 Å². The number of allylic oxidation sites excluding steroid dienone is 2. The van der Waals surface area contributed by atoms with Crippen LogP contribution in [-0.2, 0) is 12.6 Å². The van der Waals surface area contributed by atoms with Crippen LogP contribution in [0, 0.1) is 0 Å². The van der Waals surface area contributed by atoms with Crippen LogP contribution < -0.4 is 5.73 Å². The Labute approximate surface area is 184 Å². The molecule has 0 radical (unpaired) electrons. The summed E-state index contributed by atoms with van der Waals surface area (Å²) in [5.74, 6) is -0.333. The third-order valence-electron chi connectivity index (χ3n) is 5.64. The largest absolute Gasteiger partial charge is 0.418 e. The van der Waals surface area contributed by atoms with Crippen molar-refractivity contribution in [2.24, 2.45) is 0 Å². The molecule has 3 aromatic rings. The molecular weight excluding hydrogens is 415 g/mol. The van der Waals surface area contributed by atoms with E-state index < -0.39 is 17.5 Å². The molecule has 4 nitrogen and oxygen atoms in total. The van der Waals surface area contributed by atoms with Crippen LogP contribution >= 0.6 is 0 Å². The number of hydrogen-bond acceptors (Lipinski definition) is 4. The van der Waals surface area contributed by atoms with Gasteiger partial charge < -0.3 is 5.73 Å². The number of aromatic nitrogens is 2. The van der Waals surface area contributed by atoms with Crippen LogP contribution in [0.4, 0.5) is 18.9 Å². The zero-order valence-corrected chi connectivity index (χ0v) is 17.9. The fraction of sp³-hybridized carbons (Fsp3) is 0.320. The Balaban J connectivity index is 1.74. The van der Waals surface area contributed by atoms with Gasteiger partial charge in [-0.05, 0) is 72.2 Å². The van der Waals surface area contributed by atoms with E-state index >= 15 is 0 Å². The zero-order valence-electron chi connectivity index (χ0n) is 17.9. The fourth-order valence-electron chi connectivity index (χ4n) is 3.78.